The number of ether oxygens (including phenoxy) is 1. The summed E-state index contributed by atoms with van der Waals surface area (Å²) in [6, 6.07) is 0. The Morgan fingerprint density at radius 1 is 1.35 bits per heavy atom. The minimum absolute atomic E-state index is 0.248. The van der Waals surface area contributed by atoms with Crippen LogP contribution in [-0.2, 0) is 4.74 Å². The Kier molecular flexibility index (Phi) is 3.81. The van der Waals surface area contributed by atoms with Crippen molar-refractivity contribution in [3.05, 3.63) is 15.2 Å². The minimum atomic E-state index is -1.22. The summed E-state index contributed by atoms with van der Waals surface area (Å²) in [5.41, 5.74) is 0.393. The zero-order valence-corrected chi connectivity index (χ0v) is 12.8. The summed E-state index contributed by atoms with van der Waals surface area (Å²) in [5, 5.41) is 33.9. The first-order valence-electron chi connectivity index (χ1n) is 5.71. The lowest BCUT2D eigenvalue weighted by Crippen LogP contribution is -2.33. The molecule has 2 aromatic heterocycles. The van der Waals surface area contributed by atoms with Crippen molar-refractivity contribution < 1.29 is 20.1 Å². The third kappa shape index (κ3) is 2.09. The van der Waals surface area contributed by atoms with Gasteiger partial charge in [-0.15, -0.1) is 0 Å². The fraction of sp³-hybridized carbons (Fsp3) is 0.500. The standard InChI is InChI=1S/C10H10ClIN4O4/c11-7-4-8(12)15-16(9(4)14-2-13-7)10-6(19)5(18)3(1-17)20-10/h2-3,5-6,10,17-19H,1H2/t3-,5+,6+,10-/m1/s1. The first-order valence-corrected chi connectivity index (χ1v) is 7.17. The Labute approximate surface area is 131 Å². The number of fused-ring (bicyclic) bond motifs is 1. The van der Waals surface area contributed by atoms with Crippen LogP contribution >= 0.6 is 34.2 Å². The van der Waals surface area contributed by atoms with Gasteiger partial charge in [0, 0.05) is 0 Å². The number of hydrogen-bond donors (Lipinski definition) is 3. The Balaban J connectivity index is 2.10. The number of halogens is 2. The van der Waals surface area contributed by atoms with Crippen molar-refractivity contribution in [2.24, 2.45) is 0 Å². The SMILES string of the molecule is OC[C@H]1O[C@@H](n2nc(I)c3c(Cl)ncnc32)[C@@H](O)[C@H]1O. The first kappa shape index (κ1) is 14.4. The molecule has 2 aromatic rings. The molecule has 3 N–H and O–H groups in total. The monoisotopic (exact) mass is 412 g/mol. The number of aliphatic hydroxyl groups excluding tert-OH is 3. The van der Waals surface area contributed by atoms with Crippen LogP contribution in [0.2, 0.25) is 5.15 Å². The average molecular weight is 413 g/mol. The molecule has 8 nitrogen and oxygen atoms in total. The molecule has 3 rings (SSSR count). The molecule has 3 heterocycles. The van der Waals surface area contributed by atoms with E-state index in [4.69, 9.17) is 21.4 Å². The molecule has 0 spiro atoms. The summed E-state index contributed by atoms with van der Waals surface area (Å²) < 4.78 is 7.32. The zero-order chi connectivity index (χ0) is 14.4. The maximum absolute atomic E-state index is 10.0. The molecule has 0 unspecified atom stereocenters. The van der Waals surface area contributed by atoms with Gasteiger partial charge < -0.3 is 20.1 Å². The highest BCUT2D eigenvalue weighted by atomic mass is 127. The number of aliphatic hydroxyl groups is 3. The van der Waals surface area contributed by atoms with Crippen LogP contribution in [0.3, 0.4) is 0 Å². The fourth-order valence-corrected chi connectivity index (χ4v) is 3.26. The lowest BCUT2D eigenvalue weighted by molar-refractivity contribution is -0.0568. The summed E-state index contributed by atoms with van der Waals surface area (Å²) >= 11 is 7.97. The third-order valence-electron chi connectivity index (χ3n) is 3.16. The normalized spacial score (nSPS) is 30.2. The van der Waals surface area contributed by atoms with Crippen LogP contribution in [0.5, 0.6) is 0 Å². The molecule has 0 amide bonds. The highest BCUT2D eigenvalue weighted by molar-refractivity contribution is 14.1. The first-order chi connectivity index (χ1) is 9.54. The van der Waals surface area contributed by atoms with Crippen molar-refractivity contribution in [2.75, 3.05) is 6.61 Å². The van der Waals surface area contributed by atoms with Gasteiger partial charge in [0.1, 0.15) is 33.5 Å². The predicted molar refractivity (Wildman–Crippen MR) is 76.1 cm³/mol. The number of rotatable bonds is 2. The number of hydrogen-bond acceptors (Lipinski definition) is 7. The van der Waals surface area contributed by atoms with Crippen LogP contribution in [0.25, 0.3) is 11.0 Å². The van der Waals surface area contributed by atoms with Gasteiger partial charge in [0.05, 0.1) is 12.0 Å². The zero-order valence-electron chi connectivity index (χ0n) is 9.89. The van der Waals surface area contributed by atoms with Crippen molar-refractivity contribution in [2.45, 2.75) is 24.5 Å². The molecule has 108 valence electrons. The van der Waals surface area contributed by atoms with E-state index in [1.165, 1.54) is 11.0 Å². The Morgan fingerprint density at radius 2 is 2.10 bits per heavy atom. The second-order valence-electron chi connectivity index (χ2n) is 4.33. The van der Waals surface area contributed by atoms with Crippen LogP contribution in [0.4, 0.5) is 0 Å². The molecule has 20 heavy (non-hydrogen) atoms. The van der Waals surface area contributed by atoms with Gasteiger partial charge in [0.15, 0.2) is 11.9 Å². The highest BCUT2D eigenvalue weighted by Crippen LogP contribution is 2.33. The van der Waals surface area contributed by atoms with Gasteiger partial charge in [-0.2, -0.15) is 5.10 Å². The van der Waals surface area contributed by atoms with Gasteiger partial charge in [-0.3, -0.25) is 0 Å². The Hall–Kier alpha value is -0.590. The molecule has 0 aromatic carbocycles. The molecule has 1 aliphatic heterocycles. The van der Waals surface area contributed by atoms with E-state index < -0.39 is 31.1 Å². The molecular weight excluding hydrogens is 402 g/mol. The van der Waals surface area contributed by atoms with E-state index in [-0.39, 0.29) is 5.15 Å². The minimum Gasteiger partial charge on any atom is -0.394 e. The molecule has 1 fully saturated rings. The van der Waals surface area contributed by atoms with Gasteiger partial charge in [0.2, 0.25) is 0 Å². The van der Waals surface area contributed by atoms with Crippen LogP contribution in [0.15, 0.2) is 6.33 Å². The molecule has 0 aliphatic carbocycles. The van der Waals surface area contributed by atoms with Gasteiger partial charge in [-0.05, 0) is 22.6 Å². The summed E-state index contributed by atoms with van der Waals surface area (Å²) in [7, 11) is 0. The molecule has 0 bridgehead atoms. The molecule has 10 heteroatoms. The number of nitrogens with zero attached hydrogens (tertiary/aromatic N) is 4. The fourth-order valence-electron chi connectivity index (χ4n) is 2.16. The summed E-state index contributed by atoms with van der Waals surface area (Å²) in [6.45, 7) is -0.402. The second kappa shape index (κ2) is 5.31. The smallest absolute Gasteiger partial charge is 0.181 e. The van der Waals surface area contributed by atoms with E-state index in [1.54, 1.807) is 0 Å². The van der Waals surface area contributed by atoms with Gasteiger partial charge in [-0.25, -0.2) is 14.6 Å². The Morgan fingerprint density at radius 3 is 2.75 bits per heavy atom. The topological polar surface area (TPSA) is 114 Å². The molecule has 1 saturated heterocycles. The van der Waals surface area contributed by atoms with E-state index in [9.17, 15) is 10.2 Å². The van der Waals surface area contributed by atoms with Crippen LogP contribution < -0.4 is 0 Å². The van der Waals surface area contributed by atoms with E-state index in [0.29, 0.717) is 14.7 Å². The maximum atomic E-state index is 10.0. The molecule has 0 radical (unpaired) electrons. The molecular formula is C10H10ClIN4O4. The van der Waals surface area contributed by atoms with Crippen LogP contribution in [-0.4, -0.2) is 60.0 Å². The predicted octanol–water partition coefficient (Wildman–Crippen LogP) is -0.304. The van der Waals surface area contributed by atoms with Crippen molar-refractivity contribution >= 4 is 45.2 Å². The molecule has 0 saturated carbocycles. The summed E-state index contributed by atoms with van der Waals surface area (Å²) in [4.78, 5) is 7.96. The largest absolute Gasteiger partial charge is 0.394 e. The van der Waals surface area contributed by atoms with Gasteiger partial charge in [-0.1, -0.05) is 11.6 Å². The lowest BCUT2D eigenvalue weighted by atomic mass is 10.1. The Bertz CT molecular complexity index is 653. The number of aromatic nitrogens is 4. The quantitative estimate of drug-likeness (QED) is 0.458. The van der Waals surface area contributed by atoms with Crippen LogP contribution in [0.1, 0.15) is 6.23 Å². The van der Waals surface area contributed by atoms with E-state index in [2.05, 4.69) is 15.1 Å². The van der Waals surface area contributed by atoms with Crippen molar-refractivity contribution in [1.82, 2.24) is 19.7 Å². The van der Waals surface area contributed by atoms with Crippen molar-refractivity contribution in [3.8, 4) is 0 Å². The van der Waals surface area contributed by atoms with E-state index in [0.717, 1.165) is 0 Å². The summed E-state index contributed by atoms with van der Waals surface area (Å²) in [6.07, 6.45) is -2.96. The molecule has 1 aliphatic rings. The summed E-state index contributed by atoms with van der Waals surface area (Å²) in [5.74, 6) is 0. The lowest BCUT2D eigenvalue weighted by Gasteiger charge is -2.15. The van der Waals surface area contributed by atoms with Gasteiger partial charge in [0.25, 0.3) is 0 Å². The van der Waals surface area contributed by atoms with Crippen LogP contribution in [0, 0.1) is 3.70 Å². The highest BCUT2D eigenvalue weighted by Gasteiger charge is 2.44. The third-order valence-corrected chi connectivity index (χ3v) is 4.20. The van der Waals surface area contributed by atoms with E-state index >= 15 is 0 Å². The second-order valence-corrected chi connectivity index (χ2v) is 5.71. The van der Waals surface area contributed by atoms with Gasteiger partial charge >= 0.3 is 0 Å². The van der Waals surface area contributed by atoms with E-state index in [1.807, 2.05) is 22.6 Å². The van der Waals surface area contributed by atoms with Crippen molar-refractivity contribution in [3.63, 3.8) is 0 Å². The molecule has 4 atom stereocenters. The average Bonchev–Trinajstić information content (AvgIpc) is 2.90. The maximum Gasteiger partial charge on any atom is 0.181 e. The van der Waals surface area contributed by atoms with Crippen molar-refractivity contribution in [1.29, 1.82) is 0 Å².